The fourth-order valence-corrected chi connectivity index (χ4v) is 3.53. The number of carbonyl (C=O) groups is 1. The van der Waals surface area contributed by atoms with Gasteiger partial charge in [0.15, 0.2) is 11.5 Å². The van der Waals surface area contributed by atoms with E-state index in [0.717, 1.165) is 6.26 Å². The van der Waals surface area contributed by atoms with E-state index in [1.165, 1.54) is 4.31 Å². The number of pyridine rings is 1. The van der Waals surface area contributed by atoms with Gasteiger partial charge in [-0.05, 0) is 30.7 Å². The smallest absolute Gasteiger partial charge is 0.232 e. The second-order valence-electron chi connectivity index (χ2n) is 5.77. The minimum atomic E-state index is -3.50. The largest absolute Gasteiger partial charge is 0.454 e. The van der Waals surface area contributed by atoms with Gasteiger partial charge in [0, 0.05) is 25.2 Å². The van der Waals surface area contributed by atoms with E-state index in [4.69, 9.17) is 9.47 Å². The molecule has 8 nitrogen and oxygen atoms in total. The van der Waals surface area contributed by atoms with Crippen LogP contribution < -0.4 is 19.1 Å². The van der Waals surface area contributed by atoms with Crippen LogP contribution in [0.1, 0.15) is 12.8 Å². The quantitative estimate of drug-likeness (QED) is 0.792. The molecule has 0 unspecified atom stereocenters. The lowest BCUT2D eigenvalue weighted by Gasteiger charge is -2.22. The number of carbonyl (C=O) groups excluding carboxylic acids is 1. The molecular weight excluding hydrogens is 358 g/mol. The van der Waals surface area contributed by atoms with E-state index < -0.39 is 10.0 Å². The van der Waals surface area contributed by atoms with Gasteiger partial charge in [-0.25, -0.2) is 8.42 Å². The standard InChI is InChI=1S/C17H19N3O5S/c1-26(22,23)20(14-6-7-15-16(10-14)25-12-24-15)9-3-5-17(21)19-13-4-2-8-18-11-13/h2,4,6-8,10-11H,3,5,9,12H2,1H3,(H,19,21). The van der Waals surface area contributed by atoms with Gasteiger partial charge >= 0.3 is 0 Å². The van der Waals surface area contributed by atoms with Crippen molar-refractivity contribution in [2.45, 2.75) is 12.8 Å². The van der Waals surface area contributed by atoms with Crippen LogP contribution in [0.5, 0.6) is 11.5 Å². The maximum absolute atomic E-state index is 12.1. The predicted molar refractivity (Wildman–Crippen MR) is 96.9 cm³/mol. The van der Waals surface area contributed by atoms with Crippen LogP contribution in [0.2, 0.25) is 0 Å². The molecule has 0 fully saturated rings. The van der Waals surface area contributed by atoms with Gasteiger partial charge in [-0.3, -0.25) is 14.1 Å². The molecule has 2 aromatic rings. The number of nitrogens with zero attached hydrogens (tertiary/aromatic N) is 2. The Morgan fingerprint density at radius 2 is 2.08 bits per heavy atom. The molecule has 0 radical (unpaired) electrons. The first-order valence-corrected chi connectivity index (χ1v) is 9.85. The summed E-state index contributed by atoms with van der Waals surface area (Å²) in [4.78, 5) is 15.9. The van der Waals surface area contributed by atoms with Crippen LogP contribution in [-0.2, 0) is 14.8 Å². The lowest BCUT2D eigenvalue weighted by Crippen LogP contribution is -2.31. The average Bonchev–Trinajstić information content (AvgIpc) is 3.06. The highest BCUT2D eigenvalue weighted by Gasteiger charge is 2.21. The van der Waals surface area contributed by atoms with Crippen molar-refractivity contribution in [3.8, 4) is 11.5 Å². The maximum Gasteiger partial charge on any atom is 0.232 e. The molecule has 0 aliphatic carbocycles. The zero-order chi connectivity index (χ0) is 18.6. The fraction of sp³-hybridized carbons (Fsp3) is 0.294. The highest BCUT2D eigenvalue weighted by atomic mass is 32.2. The number of anilines is 2. The first-order valence-electron chi connectivity index (χ1n) is 8.01. The van der Waals surface area contributed by atoms with Crippen molar-refractivity contribution in [3.05, 3.63) is 42.7 Å². The van der Waals surface area contributed by atoms with E-state index in [0.29, 0.717) is 29.3 Å². The van der Waals surface area contributed by atoms with Crippen molar-refractivity contribution < 1.29 is 22.7 Å². The van der Waals surface area contributed by atoms with Crippen LogP contribution in [0.3, 0.4) is 0 Å². The van der Waals surface area contributed by atoms with E-state index in [1.807, 2.05) is 0 Å². The van der Waals surface area contributed by atoms with E-state index >= 15 is 0 Å². The van der Waals surface area contributed by atoms with Gasteiger partial charge in [-0.15, -0.1) is 0 Å². The van der Waals surface area contributed by atoms with Crippen molar-refractivity contribution in [2.24, 2.45) is 0 Å². The van der Waals surface area contributed by atoms with Crippen molar-refractivity contribution >= 4 is 27.3 Å². The van der Waals surface area contributed by atoms with Crippen LogP contribution in [0.15, 0.2) is 42.7 Å². The highest BCUT2D eigenvalue weighted by molar-refractivity contribution is 7.92. The summed E-state index contributed by atoms with van der Waals surface area (Å²) in [7, 11) is -3.50. The van der Waals surface area contributed by atoms with Gasteiger partial charge in [0.05, 0.1) is 23.8 Å². The molecule has 1 aliphatic heterocycles. The number of rotatable bonds is 7. The Hall–Kier alpha value is -2.81. The first-order chi connectivity index (χ1) is 12.4. The first kappa shape index (κ1) is 18.0. The Morgan fingerprint density at radius 1 is 1.27 bits per heavy atom. The molecule has 1 amide bonds. The number of hydrogen-bond donors (Lipinski definition) is 1. The number of aromatic nitrogens is 1. The van der Waals surface area contributed by atoms with E-state index in [9.17, 15) is 13.2 Å². The van der Waals surface area contributed by atoms with Crippen molar-refractivity contribution in [1.29, 1.82) is 0 Å². The summed E-state index contributed by atoms with van der Waals surface area (Å²) in [5.41, 5.74) is 1.08. The second-order valence-corrected chi connectivity index (χ2v) is 7.67. The Balaban J connectivity index is 1.62. The van der Waals surface area contributed by atoms with Crippen LogP contribution in [0.4, 0.5) is 11.4 Å². The zero-order valence-corrected chi connectivity index (χ0v) is 15.0. The minimum Gasteiger partial charge on any atom is -0.454 e. The summed E-state index contributed by atoms with van der Waals surface area (Å²) < 4.78 is 36.1. The molecule has 138 valence electrons. The topological polar surface area (TPSA) is 97.8 Å². The van der Waals surface area contributed by atoms with E-state index in [2.05, 4.69) is 10.3 Å². The minimum absolute atomic E-state index is 0.117. The number of ether oxygens (including phenoxy) is 2. The molecule has 1 aliphatic rings. The van der Waals surface area contributed by atoms with Gasteiger partial charge in [0.2, 0.25) is 22.7 Å². The van der Waals surface area contributed by atoms with Crippen LogP contribution in [-0.4, -0.2) is 38.9 Å². The van der Waals surface area contributed by atoms with Gasteiger partial charge in [0.1, 0.15) is 0 Å². The second kappa shape index (κ2) is 7.61. The Bertz CT molecular complexity index is 887. The molecule has 1 aromatic carbocycles. The van der Waals surface area contributed by atoms with Crippen LogP contribution >= 0.6 is 0 Å². The van der Waals surface area contributed by atoms with Gasteiger partial charge in [0.25, 0.3) is 0 Å². The molecule has 0 bridgehead atoms. The number of nitrogens with one attached hydrogen (secondary N) is 1. The molecule has 0 spiro atoms. The molecule has 1 aromatic heterocycles. The molecular formula is C17H19N3O5S. The lowest BCUT2D eigenvalue weighted by atomic mass is 10.2. The summed E-state index contributed by atoms with van der Waals surface area (Å²) in [6.45, 7) is 0.297. The summed E-state index contributed by atoms with van der Waals surface area (Å²) in [5, 5.41) is 2.72. The fourth-order valence-electron chi connectivity index (χ4n) is 2.57. The third kappa shape index (κ3) is 4.42. The summed E-state index contributed by atoms with van der Waals surface area (Å²) in [6.07, 6.45) is 4.85. The van der Waals surface area contributed by atoms with Gasteiger partial charge in [-0.1, -0.05) is 0 Å². The number of benzene rings is 1. The van der Waals surface area contributed by atoms with Gasteiger partial charge < -0.3 is 14.8 Å². The SMILES string of the molecule is CS(=O)(=O)N(CCCC(=O)Nc1cccnc1)c1ccc2c(c1)OCO2. The summed E-state index contributed by atoms with van der Waals surface area (Å²) >= 11 is 0. The maximum atomic E-state index is 12.1. The highest BCUT2D eigenvalue weighted by Crippen LogP contribution is 2.36. The van der Waals surface area contributed by atoms with E-state index in [-0.39, 0.29) is 25.7 Å². The lowest BCUT2D eigenvalue weighted by molar-refractivity contribution is -0.116. The molecule has 0 saturated carbocycles. The Kier molecular flexibility index (Phi) is 5.27. The average molecular weight is 377 g/mol. The third-order valence-corrected chi connectivity index (χ3v) is 4.95. The normalized spacial score (nSPS) is 12.7. The molecule has 9 heteroatoms. The van der Waals surface area contributed by atoms with E-state index in [1.54, 1.807) is 42.7 Å². The Labute approximate surface area is 151 Å². The number of sulfonamides is 1. The molecule has 0 saturated heterocycles. The third-order valence-electron chi connectivity index (χ3n) is 3.75. The van der Waals surface area contributed by atoms with Crippen molar-refractivity contribution in [1.82, 2.24) is 4.98 Å². The molecule has 0 atom stereocenters. The Morgan fingerprint density at radius 3 is 2.81 bits per heavy atom. The van der Waals surface area contributed by atoms with Crippen LogP contribution in [0.25, 0.3) is 0 Å². The predicted octanol–water partition coefficient (Wildman–Crippen LogP) is 2.00. The molecule has 1 N–H and O–H groups in total. The molecule has 26 heavy (non-hydrogen) atoms. The number of fused-ring (bicyclic) bond motifs is 1. The van der Waals surface area contributed by atoms with Crippen molar-refractivity contribution in [2.75, 3.05) is 29.2 Å². The zero-order valence-electron chi connectivity index (χ0n) is 14.2. The molecule has 2 heterocycles. The number of amides is 1. The summed E-state index contributed by atoms with van der Waals surface area (Å²) in [5.74, 6) is 0.889. The van der Waals surface area contributed by atoms with Gasteiger partial charge in [-0.2, -0.15) is 0 Å². The number of hydrogen-bond acceptors (Lipinski definition) is 6. The molecule has 3 rings (SSSR count). The van der Waals surface area contributed by atoms with Crippen molar-refractivity contribution in [3.63, 3.8) is 0 Å². The monoisotopic (exact) mass is 377 g/mol. The van der Waals surface area contributed by atoms with Crippen LogP contribution in [0, 0.1) is 0 Å². The summed E-state index contributed by atoms with van der Waals surface area (Å²) in [6, 6.07) is 8.41.